The summed E-state index contributed by atoms with van der Waals surface area (Å²) in [5.74, 6) is 0.315. The van der Waals surface area contributed by atoms with Gasteiger partial charge >= 0.3 is 0 Å². The molecule has 1 aromatic rings. The van der Waals surface area contributed by atoms with Crippen LogP contribution in [0.1, 0.15) is 20.8 Å². The molecule has 1 aromatic carbocycles. The minimum absolute atomic E-state index is 0.137. The summed E-state index contributed by atoms with van der Waals surface area (Å²) in [4.78, 5) is 11.9. The number of carbonyl (C=O) groups is 1. The highest BCUT2D eigenvalue weighted by Crippen LogP contribution is 2.35. The Labute approximate surface area is 106 Å². The van der Waals surface area contributed by atoms with Crippen LogP contribution in [0.15, 0.2) is 12.1 Å². The third-order valence-corrected chi connectivity index (χ3v) is 2.51. The van der Waals surface area contributed by atoms with Crippen molar-refractivity contribution in [3.8, 4) is 5.75 Å². The first-order chi connectivity index (χ1) is 7.75. The molecule has 0 radical (unpaired) electrons. The van der Waals surface area contributed by atoms with Crippen molar-refractivity contribution in [2.45, 2.75) is 20.8 Å². The van der Waals surface area contributed by atoms with E-state index in [0.29, 0.717) is 22.1 Å². The normalized spacial score (nSPS) is 11.1. The molecule has 0 unspecified atom stereocenters. The number of amides is 1. The van der Waals surface area contributed by atoms with E-state index in [-0.39, 0.29) is 5.91 Å². The lowest BCUT2D eigenvalue weighted by atomic mass is 9.95. The lowest BCUT2D eigenvalue weighted by Gasteiger charge is -2.20. The Morgan fingerprint density at radius 1 is 1.41 bits per heavy atom. The molecule has 0 atom stereocenters. The molecule has 4 nitrogen and oxygen atoms in total. The minimum Gasteiger partial charge on any atom is -0.494 e. The Balaban J connectivity index is 3.10. The van der Waals surface area contributed by atoms with Gasteiger partial charge in [0, 0.05) is 17.2 Å². The van der Waals surface area contributed by atoms with Crippen LogP contribution in [0, 0.1) is 5.41 Å². The Bertz CT molecular complexity index is 439. The average molecular weight is 257 g/mol. The number of nitrogens with one attached hydrogen (secondary N) is 1. The molecule has 5 heteroatoms. The summed E-state index contributed by atoms with van der Waals surface area (Å²) in [6.07, 6.45) is 0. The molecular formula is C12H17ClN2O2. The number of rotatable bonds is 2. The van der Waals surface area contributed by atoms with Gasteiger partial charge < -0.3 is 15.8 Å². The summed E-state index contributed by atoms with van der Waals surface area (Å²) in [6.45, 7) is 5.46. The van der Waals surface area contributed by atoms with E-state index in [1.807, 2.05) is 20.8 Å². The van der Waals surface area contributed by atoms with Crippen molar-refractivity contribution in [2.24, 2.45) is 5.41 Å². The van der Waals surface area contributed by atoms with Gasteiger partial charge in [-0.25, -0.2) is 0 Å². The fourth-order valence-corrected chi connectivity index (χ4v) is 1.45. The van der Waals surface area contributed by atoms with Crippen LogP contribution >= 0.6 is 11.6 Å². The maximum absolute atomic E-state index is 11.9. The Morgan fingerprint density at radius 3 is 2.47 bits per heavy atom. The second-order valence-corrected chi connectivity index (χ2v) is 5.19. The van der Waals surface area contributed by atoms with Crippen molar-refractivity contribution in [1.82, 2.24) is 0 Å². The first-order valence-corrected chi connectivity index (χ1v) is 5.58. The summed E-state index contributed by atoms with van der Waals surface area (Å²) in [7, 11) is 1.50. The number of benzene rings is 1. The Morgan fingerprint density at radius 2 is 2.00 bits per heavy atom. The van der Waals surface area contributed by atoms with Crippen LogP contribution in [0.5, 0.6) is 5.75 Å². The molecule has 0 fully saturated rings. The molecule has 0 spiro atoms. The molecule has 1 rings (SSSR count). The molecule has 1 amide bonds. The predicted molar refractivity (Wildman–Crippen MR) is 70.5 cm³/mol. The third kappa shape index (κ3) is 3.27. The lowest BCUT2D eigenvalue weighted by molar-refractivity contribution is -0.123. The van der Waals surface area contributed by atoms with Gasteiger partial charge in [-0.1, -0.05) is 32.4 Å². The lowest BCUT2D eigenvalue weighted by Crippen LogP contribution is -2.28. The molecule has 0 heterocycles. The highest BCUT2D eigenvalue weighted by atomic mass is 35.5. The summed E-state index contributed by atoms with van der Waals surface area (Å²) in [5.41, 5.74) is 6.07. The van der Waals surface area contributed by atoms with Gasteiger partial charge in [0.05, 0.1) is 12.1 Å². The quantitative estimate of drug-likeness (QED) is 0.800. The summed E-state index contributed by atoms with van der Waals surface area (Å²) in [6, 6.07) is 3.19. The number of halogens is 1. The van der Waals surface area contributed by atoms with Crippen LogP contribution < -0.4 is 15.8 Å². The van der Waals surface area contributed by atoms with Crippen molar-refractivity contribution in [3.05, 3.63) is 17.2 Å². The first kappa shape index (κ1) is 13.6. The van der Waals surface area contributed by atoms with Crippen LogP contribution in [0.2, 0.25) is 5.02 Å². The van der Waals surface area contributed by atoms with E-state index in [1.165, 1.54) is 7.11 Å². The number of methoxy groups -OCH3 is 1. The first-order valence-electron chi connectivity index (χ1n) is 5.20. The highest BCUT2D eigenvalue weighted by Gasteiger charge is 2.23. The number of carbonyl (C=O) groups excluding carboxylic acids is 1. The SMILES string of the molecule is COc1cc(N)cc(Cl)c1NC(=O)C(C)(C)C. The fourth-order valence-electron chi connectivity index (χ4n) is 1.18. The maximum Gasteiger partial charge on any atom is 0.229 e. The molecule has 0 aliphatic rings. The second-order valence-electron chi connectivity index (χ2n) is 4.78. The van der Waals surface area contributed by atoms with E-state index in [0.717, 1.165) is 0 Å². The molecule has 0 saturated carbocycles. The monoisotopic (exact) mass is 256 g/mol. The standard InChI is InChI=1S/C12H17ClN2O2/c1-12(2,3)11(16)15-10-8(13)5-7(14)6-9(10)17-4/h5-6H,14H2,1-4H3,(H,15,16). The van der Waals surface area contributed by atoms with E-state index < -0.39 is 5.41 Å². The van der Waals surface area contributed by atoms with Gasteiger partial charge in [-0.15, -0.1) is 0 Å². The molecule has 0 saturated heterocycles. The van der Waals surface area contributed by atoms with Crippen molar-refractivity contribution >= 4 is 28.9 Å². The Hall–Kier alpha value is -1.42. The summed E-state index contributed by atoms with van der Waals surface area (Å²) < 4.78 is 5.14. The number of nitrogen functional groups attached to an aromatic ring is 1. The number of anilines is 2. The van der Waals surface area contributed by atoms with Crippen LogP contribution in [-0.4, -0.2) is 13.0 Å². The Kier molecular flexibility index (Phi) is 3.88. The molecule has 94 valence electrons. The highest BCUT2D eigenvalue weighted by molar-refractivity contribution is 6.34. The maximum atomic E-state index is 11.9. The van der Waals surface area contributed by atoms with E-state index in [1.54, 1.807) is 12.1 Å². The second kappa shape index (κ2) is 4.84. The van der Waals surface area contributed by atoms with Gasteiger partial charge in [0.1, 0.15) is 11.4 Å². The van der Waals surface area contributed by atoms with E-state index in [2.05, 4.69) is 5.32 Å². The molecule has 3 N–H and O–H groups in total. The van der Waals surface area contributed by atoms with Gasteiger partial charge in [-0.05, 0) is 6.07 Å². The van der Waals surface area contributed by atoms with Crippen LogP contribution in [0.4, 0.5) is 11.4 Å². The van der Waals surface area contributed by atoms with Gasteiger partial charge in [0.15, 0.2) is 0 Å². The van der Waals surface area contributed by atoms with Crippen LogP contribution in [0.25, 0.3) is 0 Å². The molecular weight excluding hydrogens is 240 g/mol. The fraction of sp³-hybridized carbons (Fsp3) is 0.417. The summed E-state index contributed by atoms with van der Waals surface area (Å²) in [5, 5.41) is 3.11. The van der Waals surface area contributed by atoms with Gasteiger partial charge in [-0.3, -0.25) is 4.79 Å². The van der Waals surface area contributed by atoms with Crippen molar-refractivity contribution in [3.63, 3.8) is 0 Å². The smallest absolute Gasteiger partial charge is 0.229 e. The van der Waals surface area contributed by atoms with Gasteiger partial charge in [-0.2, -0.15) is 0 Å². The van der Waals surface area contributed by atoms with Crippen LogP contribution in [0.3, 0.4) is 0 Å². The zero-order chi connectivity index (χ0) is 13.2. The molecule has 0 aliphatic heterocycles. The third-order valence-electron chi connectivity index (χ3n) is 2.22. The summed E-state index contributed by atoms with van der Waals surface area (Å²) >= 11 is 6.03. The molecule has 0 aromatic heterocycles. The molecule has 0 bridgehead atoms. The average Bonchev–Trinajstić information content (AvgIpc) is 2.19. The largest absolute Gasteiger partial charge is 0.494 e. The zero-order valence-corrected chi connectivity index (χ0v) is 11.2. The van der Waals surface area contributed by atoms with E-state index in [9.17, 15) is 4.79 Å². The molecule has 0 aliphatic carbocycles. The number of nitrogens with two attached hydrogens (primary N) is 1. The number of hydrogen-bond donors (Lipinski definition) is 2. The predicted octanol–water partition coefficient (Wildman–Crippen LogP) is 2.92. The number of hydrogen-bond acceptors (Lipinski definition) is 3. The zero-order valence-electron chi connectivity index (χ0n) is 10.4. The van der Waals surface area contributed by atoms with E-state index >= 15 is 0 Å². The minimum atomic E-state index is -0.504. The van der Waals surface area contributed by atoms with Gasteiger partial charge in [0.25, 0.3) is 0 Å². The van der Waals surface area contributed by atoms with Crippen molar-refractivity contribution < 1.29 is 9.53 Å². The van der Waals surface area contributed by atoms with Crippen LogP contribution in [-0.2, 0) is 4.79 Å². The van der Waals surface area contributed by atoms with Crippen molar-refractivity contribution in [1.29, 1.82) is 0 Å². The van der Waals surface area contributed by atoms with E-state index in [4.69, 9.17) is 22.1 Å². The molecule has 17 heavy (non-hydrogen) atoms. The topological polar surface area (TPSA) is 64.3 Å². The number of ether oxygens (including phenoxy) is 1. The van der Waals surface area contributed by atoms with Gasteiger partial charge in [0.2, 0.25) is 5.91 Å². The van der Waals surface area contributed by atoms with Crippen molar-refractivity contribution in [2.75, 3.05) is 18.2 Å².